The third kappa shape index (κ3) is 7.33. The van der Waals surface area contributed by atoms with E-state index in [1.54, 1.807) is 0 Å². The van der Waals surface area contributed by atoms with E-state index in [-0.39, 0.29) is 19.8 Å². The lowest BCUT2D eigenvalue weighted by Crippen LogP contribution is -2.31. The van der Waals surface area contributed by atoms with Gasteiger partial charge in [0.25, 0.3) is 10.1 Å². The van der Waals surface area contributed by atoms with Crippen molar-refractivity contribution < 1.29 is 22.1 Å². The highest BCUT2D eigenvalue weighted by molar-refractivity contribution is 7.86. The van der Waals surface area contributed by atoms with Crippen LogP contribution >= 0.6 is 0 Å². The van der Waals surface area contributed by atoms with Gasteiger partial charge in [0.2, 0.25) is 0 Å². The lowest BCUT2D eigenvalue weighted by molar-refractivity contribution is -0.0416. The van der Waals surface area contributed by atoms with E-state index >= 15 is 0 Å². The minimum absolute atomic E-state index is 0.138. The van der Waals surface area contributed by atoms with Crippen molar-refractivity contribution in [1.29, 1.82) is 0 Å². The summed E-state index contributed by atoms with van der Waals surface area (Å²) in [5.74, 6) is 2.29. The van der Waals surface area contributed by atoms with Gasteiger partial charge in [0.15, 0.2) is 0 Å². The van der Waals surface area contributed by atoms with E-state index in [1.807, 2.05) is 0 Å². The van der Waals surface area contributed by atoms with Gasteiger partial charge in [-0.2, -0.15) is 8.42 Å². The van der Waals surface area contributed by atoms with Gasteiger partial charge < -0.3 is 9.47 Å². The van der Waals surface area contributed by atoms with Crippen LogP contribution in [0.3, 0.4) is 0 Å². The Morgan fingerprint density at radius 2 is 2.07 bits per heavy atom. The molecule has 0 saturated carbocycles. The van der Waals surface area contributed by atoms with Gasteiger partial charge in [-0.1, -0.05) is 5.92 Å². The number of hydrogen-bond donors (Lipinski definition) is 0. The molecule has 0 bridgehead atoms. The molecule has 0 saturated heterocycles. The largest absolute Gasteiger partial charge is 0.359 e. The van der Waals surface area contributed by atoms with Gasteiger partial charge in [-0.3, -0.25) is 4.18 Å². The van der Waals surface area contributed by atoms with E-state index in [4.69, 9.17) is 15.3 Å². The van der Waals surface area contributed by atoms with E-state index in [0.717, 1.165) is 6.26 Å². The first kappa shape index (κ1) is 14.4. The van der Waals surface area contributed by atoms with Crippen LogP contribution in [0, 0.1) is 12.3 Å². The molecule has 0 aromatic heterocycles. The third-order valence-corrected chi connectivity index (χ3v) is 2.24. The van der Waals surface area contributed by atoms with Crippen LogP contribution in [0.25, 0.3) is 0 Å². The second-order valence-corrected chi connectivity index (χ2v) is 4.80. The van der Waals surface area contributed by atoms with Crippen molar-refractivity contribution in [2.75, 3.05) is 26.8 Å². The zero-order chi connectivity index (χ0) is 11.9. The van der Waals surface area contributed by atoms with Crippen LogP contribution in [-0.2, 0) is 23.8 Å². The van der Waals surface area contributed by atoms with Crippen molar-refractivity contribution in [3.05, 3.63) is 0 Å². The van der Waals surface area contributed by atoms with E-state index < -0.39 is 15.7 Å². The summed E-state index contributed by atoms with van der Waals surface area (Å²) < 4.78 is 36.3. The monoisotopic (exact) mass is 236 g/mol. The van der Waals surface area contributed by atoms with Gasteiger partial charge in [-0.05, 0) is 6.92 Å². The van der Waals surface area contributed by atoms with Gasteiger partial charge in [0.05, 0.1) is 12.9 Å². The van der Waals surface area contributed by atoms with Crippen LogP contribution in [0.5, 0.6) is 0 Å². The molecule has 0 heterocycles. The molecule has 0 spiro atoms. The molecule has 0 N–H and O–H groups in total. The molecule has 15 heavy (non-hydrogen) atoms. The average molecular weight is 236 g/mol. The van der Waals surface area contributed by atoms with Crippen molar-refractivity contribution in [3.8, 4) is 12.3 Å². The maximum absolute atomic E-state index is 10.9. The van der Waals surface area contributed by atoms with Gasteiger partial charge in [-0.15, -0.1) is 6.42 Å². The Kier molecular flexibility index (Phi) is 5.83. The van der Waals surface area contributed by atoms with Crippen molar-refractivity contribution in [1.82, 2.24) is 0 Å². The quantitative estimate of drug-likeness (QED) is 0.276. The summed E-state index contributed by atoms with van der Waals surface area (Å²) in [6.45, 7) is 1.92. The fraction of sp³-hybridized carbons (Fsp3) is 0.778. The molecule has 0 aliphatic heterocycles. The van der Waals surface area contributed by atoms with Crippen LogP contribution in [-0.4, -0.2) is 40.8 Å². The molecule has 1 unspecified atom stereocenters. The van der Waals surface area contributed by atoms with Crippen molar-refractivity contribution >= 4 is 10.1 Å². The average Bonchev–Trinajstić information content (AvgIpc) is 2.10. The second-order valence-electron chi connectivity index (χ2n) is 3.23. The van der Waals surface area contributed by atoms with Gasteiger partial charge in [-0.25, -0.2) is 0 Å². The maximum Gasteiger partial charge on any atom is 0.265 e. The fourth-order valence-electron chi connectivity index (χ4n) is 0.881. The number of hydrogen-bond acceptors (Lipinski definition) is 5. The summed E-state index contributed by atoms with van der Waals surface area (Å²) in [5, 5.41) is 0. The van der Waals surface area contributed by atoms with Crippen LogP contribution in [0.15, 0.2) is 0 Å². The smallest absolute Gasteiger partial charge is 0.265 e. The van der Waals surface area contributed by atoms with Gasteiger partial charge in [0, 0.05) is 13.5 Å². The van der Waals surface area contributed by atoms with Crippen LogP contribution in [0.4, 0.5) is 0 Å². The Balaban J connectivity index is 4.16. The SMILES string of the molecule is C#CC(C)(CCOCOC)OS(C)(=O)=O. The summed E-state index contributed by atoms with van der Waals surface area (Å²) in [4.78, 5) is 0. The first-order valence-corrected chi connectivity index (χ1v) is 6.10. The molecule has 0 aromatic carbocycles. The van der Waals surface area contributed by atoms with Gasteiger partial charge in [0.1, 0.15) is 12.4 Å². The minimum atomic E-state index is -3.57. The molecule has 0 aromatic rings. The first-order chi connectivity index (χ1) is 6.83. The highest BCUT2D eigenvalue weighted by atomic mass is 32.2. The lowest BCUT2D eigenvalue weighted by Gasteiger charge is -2.21. The minimum Gasteiger partial charge on any atom is -0.359 e. The Morgan fingerprint density at radius 1 is 1.47 bits per heavy atom. The number of terminal acetylenes is 1. The molecule has 88 valence electrons. The summed E-state index contributed by atoms with van der Waals surface area (Å²) >= 11 is 0. The summed E-state index contributed by atoms with van der Waals surface area (Å²) in [6.07, 6.45) is 6.44. The lowest BCUT2D eigenvalue weighted by atomic mass is 10.1. The van der Waals surface area contributed by atoms with Crippen LogP contribution in [0.2, 0.25) is 0 Å². The molecule has 5 nitrogen and oxygen atoms in total. The summed E-state index contributed by atoms with van der Waals surface area (Å²) in [6, 6.07) is 0. The molecule has 0 radical (unpaired) electrons. The molecule has 0 aliphatic carbocycles. The Bertz CT molecular complexity index is 316. The summed E-state index contributed by atoms with van der Waals surface area (Å²) in [5.41, 5.74) is -1.17. The maximum atomic E-state index is 10.9. The van der Waals surface area contributed by atoms with Crippen LogP contribution < -0.4 is 0 Å². The topological polar surface area (TPSA) is 61.8 Å². The highest BCUT2D eigenvalue weighted by Gasteiger charge is 2.27. The van der Waals surface area contributed by atoms with Crippen LogP contribution in [0.1, 0.15) is 13.3 Å². The predicted octanol–water partition coefficient (Wildman–Crippen LogP) is 0.365. The predicted molar refractivity (Wildman–Crippen MR) is 55.6 cm³/mol. The molecule has 0 fully saturated rings. The number of ether oxygens (including phenoxy) is 2. The highest BCUT2D eigenvalue weighted by Crippen LogP contribution is 2.16. The van der Waals surface area contributed by atoms with E-state index in [2.05, 4.69) is 10.7 Å². The van der Waals surface area contributed by atoms with E-state index in [1.165, 1.54) is 14.0 Å². The standard InChI is InChI=1S/C9H16O5S/c1-5-9(2,14-15(4,10)11)6-7-13-8-12-3/h1H,6-8H2,2-4H3. The zero-order valence-electron chi connectivity index (χ0n) is 9.15. The fourth-order valence-corrected chi connectivity index (χ4v) is 1.68. The Morgan fingerprint density at radius 3 is 2.47 bits per heavy atom. The molecule has 0 amide bonds. The third-order valence-electron chi connectivity index (χ3n) is 1.57. The van der Waals surface area contributed by atoms with Crippen molar-refractivity contribution in [3.63, 3.8) is 0 Å². The number of rotatable bonds is 7. The van der Waals surface area contributed by atoms with E-state index in [0.29, 0.717) is 0 Å². The molecular formula is C9H16O5S. The Labute approximate surface area is 90.8 Å². The Hall–Kier alpha value is -0.610. The van der Waals surface area contributed by atoms with Crippen molar-refractivity contribution in [2.24, 2.45) is 0 Å². The molecule has 0 rings (SSSR count). The molecular weight excluding hydrogens is 220 g/mol. The zero-order valence-corrected chi connectivity index (χ0v) is 9.96. The normalized spacial score (nSPS) is 15.6. The molecule has 1 atom stereocenters. The van der Waals surface area contributed by atoms with Gasteiger partial charge >= 0.3 is 0 Å². The summed E-state index contributed by atoms with van der Waals surface area (Å²) in [7, 11) is -2.07. The van der Waals surface area contributed by atoms with Crippen molar-refractivity contribution in [2.45, 2.75) is 18.9 Å². The molecule has 6 heteroatoms. The second kappa shape index (κ2) is 6.08. The molecule has 0 aliphatic rings. The number of methoxy groups -OCH3 is 1. The van der Waals surface area contributed by atoms with E-state index in [9.17, 15) is 8.42 Å². The first-order valence-electron chi connectivity index (χ1n) is 4.28.